The maximum Gasteiger partial charge on any atom is 0.416 e. The normalized spacial score (nSPS) is 20.3. The van der Waals surface area contributed by atoms with Crippen LogP contribution >= 0.6 is 0 Å². The minimum atomic E-state index is -4.41. The molecule has 0 fully saturated rings. The van der Waals surface area contributed by atoms with E-state index in [0.29, 0.717) is 24.0 Å². The Balaban J connectivity index is 1.57. The van der Waals surface area contributed by atoms with Crippen molar-refractivity contribution in [3.63, 3.8) is 0 Å². The van der Waals surface area contributed by atoms with Crippen molar-refractivity contribution in [1.29, 1.82) is 0 Å². The number of carbonyl (C=O) groups excluding carboxylic acids is 1. The molecule has 5 rings (SSSR count). The number of nitrogens with one attached hydrogen (secondary N) is 2. The van der Waals surface area contributed by atoms with Crippen LogP contribution in [0, 0.1) is 6.92 Å². The zero-order valence-electron chi connectivity index (χ0n) is 18.0. The Morgan fingerprint density at radius 2 is 1.45 bits per heavy atom. The summed E-state index contributed by atoms with van der Waals surface area (Å²) in [7, 11) is 0. The lowest BCUT2D eigenvalue weighted by molar-refractivity contribution is -0.137. The molecule has 0 spiro atoms. The van der Waals surface area contributed by atoms with E-state index in [-0.39, 0.29) is 11.7 Å². The molecular formula is C27H23F3N2O. The molecule has 3 nitrogen and oxygen atoms in total. The van der Waals surface area contributed by atoms with E-state index in [0.717, 1.165) is 40.3 Å². The molecule has 0 bridgehead atoms. The van der Waals surface area contributed by atoms with Crippen LogP contribution in [0.25, 0.3) is 0 Å². The zero-order valence-corrected chi connectivity index (χ0v) is 18.0. The molecule has 0 radical (unpaired) electrons. The lowest BCUT2D eigenvalue weighted by Crippen LogP contribution is -2.27. The highest BCUT2D eigenvalue weighted by atomic mass is 19.4. The summed E-state index contributed by atoms with van der Waals surface area (Å²) in [6.07, 6.45) is -3.40. The molecule has 2 aliphatic rings. The van der Waals surface area contributed by atoms with Crippen LogP contribution in [0.1, 0.15) is 47.1 Å². The third-order valence-electron chi connectivity index (χ3n) is 6.43. The Bertz CT molecular complexity index is 1230. The molecular weight excluding hydrogens is 425 g/mol. The molecule has 2 atom stereocenters. The average Bonchev–Trinajstić information content (AvgIpc) is 2.96. The maximum absolute atomic E-state index is 13.5. The van der Waals surface area contributed by atoms with Crippen LogP contribution < -0.4 is 10.6 Å². The molecule has 6 heteroatoms. The van der Waals surface area contributed by atoms with Crippen molar-refractivity contribution < 1.29 is 18.0 Å². The molecule has 3 aromatic rings. The number of rotatable bonds is 2. The second-order valence-electron chi connectivity index (χ2n) is 8.70. The molecule has 1 aliphatic carbocycles. The van der Waals surface area contributed by atoms with Crippen LogP contribution in [0.4, 0.5) is 24.5 Å². The number of Topliss-reactive ketones (excluding diaryl/α,β-unsaturated/α-hetero) is 1. The third-order valence-corrected chi connectivity index (χ3v) is 6.43. The first-order chi connectivity index (χ1) is 15.8. The Morgan fingerprint density at radius 1 is 0.818 bits per heavy atom. The van der Waals surface area contributed by atoms with Gasteiger partial charge in [-0.2, -0.15) is 13.2 Å². The van der Waals surface area contributed by atoms with E-state index in [9.17, 15) is 18.0 Å². The van der Waals surface area contributed by atoms with Crippen molar-refractivity contribution in [3.8, 4) is 0 Å². The van der Waals surface area contributed by atoms with Gasteiger partial charge in [0.1, 0.15) is 0 Å². The predicted molar refractivity (Wildman–Crippen MR) is 123 cm³/mol. The second-order valence-corrected chi connectivity index (χ2v) is 8.70. The molecule has 168 valence electrons. The number of ketones is 1. The van der Waals surface area contributed by atoms with Gasteiger partial charge in [0, 0.05) is 17.7 Å². The summed E-state index contributed by atoms with van der Waals surface area (Å²) in [5.74, 6) is 0.0439. The van der Waals surface area contributed by atoms with Gasteiger partial charge in [-0.25, -0.2) is 0 Å². The topological polar surface area (TPSA) is 41.1 Å². The number of allylic oxidation sites excluding steroid dienone is 1. The predicted octanol–water partition coefficient (Wildman–Crippen LogP) is 6.99. The van der Waals surface area contributed by atoms with E-state index < -0.39 is 17.8 Å². The van der Waals surface area contributed by atoms with Crippen molar-refractivity contribution in [1.82, 2.24) is 0 Å². The van der Waals surface area contributed by atoms with E-state index in [1.54, 1.807) is 0 Å². The molecule has 1 heterocycles. The summed E-state index contributed by atoms with van der Waals surface area (Å²) in [4.78, 5) is 13.5. The number of alkyl halides is 3. The van der Waals surface area contributed by atoms with Gasteiger partial charge in [0.05, 0.1) is 23.0 Å². The largest absolute Gasteiger partial charge is 0.416 e. The fourth-order valence-electron chi connectivity index (χ4n) is 4.68. The average molecular weight is 448 g/mol. The van der Waals surface area contributed by atoms with Gasteiger partial charge >= 0.3 is 6.18 Å². The second kappa shape index (κ2) is 8.10. The quantitative estimate of drug-likeness (QED) is 0.444. The molecule has 2 N–H and O–H groups in total. The molecule has 1 aliphatic heterocycles. The molecule has 0 saturated carbocycles. The van der Waals surface area contributed by atoms with Gasteiger partial charge in [-0.05, 0) is 54.7 Å². The Labute approximate surface area is 190 Å². The van der Waals surface area contributed by atoms with Gasteiger partial charge in [-0.15, -0.1) is 0 Å². The van der Waals surface area contributed by atoms with Crippen LogP contribution in [0.3, 0.4) is 0 Å². The summed E-state index contributed by atoms with van der Waals surface area (Å²) in [6.45, 7) is 2.03. The number of hydrogen-bond donors (Lipinski definition) is 2. The highest BCUT2D eigenvalue weighted by molar-refractivity contribution is 6.01. The number of carbonyl (C=O) groups is 1. The monoisotopic (exact) mass is 448 g/mol. The van der Waals surface area contributed by atoms with Gasteiger partial charge in [0.25, 0.3) is 0 Å². The summed E-state index contributed by atoms with van der Waals surface area (Å²) in [5.41, 5.74) is 5.24. The number of para-hydroxylation sites is 2. The van der Waals surface area contributed by atoms with Crippen molar-refractivity contribution in [3.05, 3.63) is 106 Å². The summed E-state index contributed by atoms with van der Waals surface area (Å²) in [6, 6.07) is 20.4. The molecule has 0 saturated heterocycles. The Kier molecular flexibility index (Phi) is 5.23. The number of aryl methyl sites for hydroxylation is 1. The van der Waals surface area contributed by atoms with Crippen molar-refractivity contribution >= 4 is 17.2 Å². The van der Waals surface area contributed by atoms with Crippen LogP contribution in [0.2, 0.25) is 0 Å². The van der Waals surface area contributed by atoms with Crippen molar-refractivity contribution in [2.45, 2.75) is 37.9 Å². The lowest BCUT2D eigenvalue weighted by atomic mass is 9.78. The fourth-order valence-corrected chi connectivity index (χ4v) is 4.68. The summed E-state index contributed by atoms with van der Waals surface area (Å²) in [5, 5.41) is 6.86. The SMILES string of the molecule is Cc1ccc(C2CC(=O)C3=C(C2)Nc2ccccc2NC3c2ccc(C(F)(F)F)cc2)cc1. The minimum Gasteiger partial charge on any atom is -0.372 e. The van der Waals surface area contributed by atoms with Gasteiger partial charge in [0.2, 0.25) is 0 Å². The molecule has 33 heavy (non-hydrogen) atoms. The first kappa shape index (κ1) is 21.3. The van der Waals surface area contributed by atoms with E-state index in [4.69, 9.17) is 0 Å². The number of anilines is 2. The zero-order chi connectivity index (χ0) is 23.2. The molecule has 3 aromatic carbocycles. The molecule has 0 amide bonds. The van der Waals surface area contributed by atoms with Crippen molar-refractivity contribution in [2.24, 2.45) is 0 Å². The molecule has 0 aromatic heterocycles. The fraction of sp³-hybridized carbons (Fsp3) is 0.222. The van der Waals surface area contributed by atoms with Gasteiger partial charge in [-0.3, -0.25) is 4.79 Å². The van der Waals surface area contributed by atoms with Crippen LogP contribution in [0.15, 0.2) is 84.1 Å². The van der Waals surface area contributed by atoms with Crippen molar-refractivity contribution in [2.75, 3.05) is 10.6 Å². The number of halogens is 3. The Morgan fingerprint density at radius 3 is 2.12 bits per heavy atom. The van der Waals surface area contributed by atoms with Gasteiger partial charge in [-0.1, -0.05) is 54.1 Å². The van der Waals surface area contributed by atoms with Crippen LogP contribution in [-0.4, -0.2) is 5.78 Å². The third kappa shape index (κ3) is 4.13. The smallest absolute Gasteiger partial charge is 0.372 e. The van der Waals surface area contributed by atoms with Gasteiger partial charge in [0.15, 0.2) is 5.78 Å². The number of hydrogen-bond acceptors (Lipinski definition) is 3. The van der Waals surface area contributed by atoms with Crippen LogP contribution in [-0.2, 0) is 11.0 Å². The highest BCUT2D eigenvalue weighted by Gasteiger charge is 2.36. The van der Waals surface area contributed by atoms with Crippen LogP contribution in [0.5, 0.6) is 0 Å². The highest BCUT2D eigenvalue weighted by Crippen LogP contribution is 2.44. The van der Waals surface area contributed by atoms with E-state index >= 15 is 0 Å². The number of benzene rings is 3. The minimum absolute atomic E-state index is 0.000436. The summed E-state index contributed by atoms with van der Waals surface area (Å²) >= 11 is 0. The lowest BCUT2D eigenvalue weighted by Gasteiger charge is -2.30. The standard InChI is InChI=1S/C27H23F3N2O/c1-16-6-8-17(9-7-16)19-14-23-25(24(33)15-19)26(32-22-5-3-2-4-21(22)31-23)18-10-12-20(13-11-18)27(28,29)30/h2-13,19,26,31-32H,14-15H2,1H3. The van der Waals surface area contributed by atoms with E-state index in [2.05, 4.69) is 22.8 Å². The van der Waals surface area contributed by atoms with Gasteiger partial charge < -0.3 is 10.6 Å². The summed E-state index contributed by atoms with van der Waals surface area (Å²) < 4.78 is 39.3. The Hall–Kier alpha value is -3.54. The first-order valence-electron chi connectivity index (χ1n) is 10.9. The maximum atomic E-state index is 13.5. The molecule has 2 unspecified atom stereocenters. The first-order valence-corrected chi connectivity index (χ1v) is 10.9. The number of fused-ring (bicyclic) bond motifs is 1. The van der Waals surface area contributed by atoms with E-state index in [1.807, 2.05) is 43.3 Å². The van der Waals surface area contributed by atoms with E-state index in [1.165, 1.54) is 12.1 Å².